The van der Waals surface area contributed by atoms with Gasteiger partial charge in [-0.3, -0.25) is 9.59 Å². The van der Waals surface area contributed by atoms with E-state index in [-0.39, 0.29) is 17.3 Å². The molecule has 140 valence electrons. The number of carbonyl (C=O) groups excluding carboxylic acids is 1. The molecule has 1 aromatic heterocycles. The second kappa shape index (κ2) is 7.96. The summed E-state index contributed by atoms with van der Waals surface area (Å²) in [6.45, 7) is 9.31. The molecule has 2 aromatic rings. The fourth-order valence-corrected chi connectivity index (χ4v) is 3.85. The number of ketones is 1. The SMILES string of the molecule is C=CCSc1nc2c(c(=O)[nH]1)[C@@H](c1ccccc1)C(C(=O)C(C)C)=C(C)N2. The highest BCUT2D eigenvalue weighted by Gasteiger charge is 2.35. The van der Waals surface area contributed by atoms with Gasteiger partial charge >= 0.3 is 0 Å². The number of rotatable bonds is 6. The molecule has 0 amide bonds. The van der Waals surface area contributed by atoms with Crippen LogP contribution in [0.5, 0.6) is 0 Å². The molecule has 0 unspecified atom stereocenters. The van der Waals surface area contributed by atoms with Gasteiger partial charge in [0.1, 0.15) is 5.82 Å². The van der Waals surface area contributed by atoms with Crippen LogP contribution in [0.25, 0.3) is 0 Å². The van der Waals surface area contributed by atoms with E-state index in [0.29, 0.717) is 27.9 Å². The molecule has 0 spiro atoms. The zero-order valence-corrected chi connectivity index (χ0v) is 16.5. The molecule has 0 radical (unpaired) electrons. The Morgan fingerprint density at radius 1 is 1.33 bits per heavy atom. The van der Waals surface area contributed by atoms with Crippen molar-refractivity contribution in [2.75, 3.05) is 11.1 Å². The number of Topliss-reactive ketones (excluding diaryl/α,β-unsaturated/α-hetero) is 1. The van der Waals surface area contributed by atoms with Crippen LogP contribution in [0.3, 0.4) is 0 Å². The Balaban J connectivity index is 2.21. The van der Waals surface area contributed by atoms with E-state index in [2.05, 4.69) is 21.9 Å². The van der Waals surface area contributed by atoms with Crippen molar-refractivity contribution in [3.8, 4) is 0 Å². The molecule has 3 rings (SSSR count). The van der Waals surface area contributed by atoms with Crippen molar-refractivity contribution in [1.82, 2.24) is 9.97 Å². The van der Waals surface area contributed by atoms with Crippen LogP contribution < -0.4 is 10.9 Å². The molecule has 0 fully saturated rings. The Bertz CT molecular complexity index is 961. The van der Waals surface area contributed by atoms with Crippen LogP contribution >= 0.6 is 11.8 Å². The molecule has 1 aliphatic rings. The second-order valence-electron chi connectivity index (χ2n) is 6.76. The first-order valence-electron chi connectivity index (χ1n) is 8.88. The van der Waals surface area contributed by atoms with E-state index in [9.17, 15) is 9.59 Å². The number of hydrogen-bond acceptors (Lipinski definition) is 5. The van der Waals surface area contributed by atoms with Crippen molar-refractivity contribution in [2.24, 2.45) is 5.92 Å². The number of aromatic nitrogens is 2. The lowest BCUT2D eigenvalue weighted by Gasteiger charge is -2.30. The quantitative estimate of drug-likeness (QED) is 0.448. The van der Waals surface area contributed by atoms with Gasteiger partial charge in [0.2, 0.25) is 0 Å². The number of fused-ring (bicyclic) bond motifs is 1. The Morgan fingerprint density at radius 2 is 2.04 bits per heavy atom. The smallest absolute Gasteiger partial charge is 0.257 e. The summed E-state index contributed by atoms with van der Waals surface area (Å²) in [5, 5.41) is 3.72. The highest BCUT2D eigenvalue weighted by molar-refractivity contribution is 7.99. The van der Waals surface area contributed by atoms with Crippen LogP contribution in [0, 0.1) is 5.92 Å². The van der Waals surface area contributed by atoms with Gasteiger partial charge in [-0.15, -0.1) is 6.58 Å². The third-order valence-corrected chi connectivity index (χ3v) is 5.35. The molecular weight excluding hydrogens is 358 g/mol. The van der Waals surface area contributed by atoms with E-state index in [1.165, 1.54) is 11.8 Å². The molecule has 5 nitrogen and oxygen atoms in total. The number of H-pyrrole nitrogens is 1. The number of nitrogens with zero attached hydrogens (tertiary/aromatic N) is 1. The molecule has 1 atom stereocenters. The van der Waals surface area contributed by atoms with E-state index in [4.69, 9.17) is 0 Å². The molecule has 6 heteroatoms. The van der Waals surface area contributed by atoms with Gasteiger partial charge in [-0.2, -0.15) is 0 Å². The minimum atomic E-state index is -0.438. The van der Waals surface area contributed by atoms with Crippen molar-refractivity contribution in [3.05, 3.63) is 75.7 Å². The Morgan fingerprint density at radius 3 is 2.67 bits per heavy atom. The number of thioether (sulfide) groups is 1. The normalized spacial score (nSPS) is 16.1. The number of benzene rings is 1. The van der Waals surface area contributed by atoms with Crippen molar-refractivity contribution < 1.29 is 4.79 Å². The van der Waals surface area contributed by atoms with E-state index in [1.807, 2.05) is 51.1 Å². The molecule has 2 heterocycles. The fraction of sp³-hybridized carbons (Fsp3) is 0.286. The third-order valence-electron chi connectivity index (χ3n) is 4.48. The zero-order chi connectivity index (χ0) is 19.6. The van der Waals surface area contributed by atoms with Gasteiger partial charge in [-0.05, 0) is 12.5 Å². The summed E-state index contributed by atoms with van der Waals surface area (Å²) in [4.78, 5) is 33.4. The lowest BCUT2D eigenvalue weighted by Crippen LogP contribution is -2.31. The lowest BCUT2D eigenvalue weighted by molar-refractivity contribution is -0.118. The van der Waals surface area contributed by atoms with Gasteiger partial charge < -0.3 is 10.3 Å². The number of hydrogen-bond donors (Lipinski definition) is 2. The molecule has 0 bridgehead atoms. The Hall–Kier alpha value is -2.60. The summed E-state index contributed by atoms with van der Waals surface area (Å²) in [5.41, 5.74) is 2.53. The summed E-state index contributed by atoms with van der Waals surface area (Å²) in [6.07, 6.45) is 1.76. The largest absolute Gasteiger partial charge is 0.343 e. The van der Waals surface area contributed by atoms with Gasteiger partial charge in [0, 0.05) is 28.9 Å². The van der Waals surface area contributed by atoms with E-state index in [1.54, 1.807) is 6.08 Å². The standard InChI is InChI=1S/C21H23N3O2S/c1-5-11-27-21-23-19-17(20(26)24-21)16(14-9-7-6-8-10-14)15(13(4)22-19)18(25)12(2)3/h5-10,12,16H,1,11H2,2-4H3,(H2,22,23,24,26)/t16-/m0/s1. The van der Waals surface area contributed by atoms with Crippen molar-refractivity contribution in [2.45, 2.75) is 31.8 Å². The minimum Gasteiger partial charge on any atom is -0.343 e. The van der Waals surface area contributed by atoms with Crippen molar-refractivity contribution >= 4 is 23.4 Å². The monoisotopic (exact) mass is 381 g/mol. The molecule has 0 saturated carbocycles. The molecule has 1 aromatic carbocycles. The van der Waals surface area contributed by atoms with E-state index in [0.717, 1.165) is 11.3 Å². The topological polar surface area (TPSA) is 74.8 Å². The average molecular weight is 382 g/mol. The first kappa shape index (κ1) is 19.2. The summed E-state index contributed by atoms with van der Waals surface area (Å²) in [5.74, 6) is 0.586. The van der Waals surface area contributed by atoms with Gasteiger partial charge in [0.15, 0.2) is 10.9 Å². The Labute approximate surface area is 163 Å². The van der Waals surface area contributed by atoms with Crippen LogP contribution in [0.4, 0.5) is 5.82 Å². The molecular formula is C21H23N3O2S. The van der Waals surface area contributed by atoms with E-state index < -0.39 is 5.92 Å². The van der Waals surface area contributed by atoms with Crippen LogP contribution in [0.15, 0.2) is 64.2 Å². The molecule has 1 aliphatic heterocycles. The van der Waals surface area contributed by atoms with Gasteiger partial charge in [0.25, 0.3) is 5.56 Å². The van der Waals surface area contributed by atoms with Crippen LogP contribution in [-0.4, -0.2) is 21.5 Å². The number of allylic oxidation sites excluding steroid dienone is 2. The molecule has 27 heavy (non-hydrogen) atoms. The number of nitrogens with one attached hydrogen (secondary N) is 2. The van der Waals surface area contributed by atoms with Gasteiger partial charge in [0.05, 0.1) is 5.56 Å². The van der Waals surface area contributed by atoms with E-state index >= 15 is 0 Å². The minimum absolute atomic E-state index is 0.0315. The number of aromatic amines is 1. The number of carbonyl (C=O) groups is 1. The van der Waals surface area contributed by atoms with Crippen molar-refractivity contribution in [3.63, 3.8) is 0 Å². The highest BCUT2D eigenvalue weighted by Crippen LogP contribution is 2.40. The van der Waals surface area contributed by atoms with Crippen LogP contribution in [0.2, 0.25) is 0 Å². The lowest BCUT2D eigenvalue weighted by atomic mass is 9.78. The predicted molar refractivity (Wildman–Crippen MR) is 110 cm³/mol. The summed E-state index contributed by atoms with van der Waals surface area (Å²) >= 11 is 1.41. The zero-order valence-electron chi connectivity index (χ0n) is 15.7. The average Bonchev–Trinajstić information content (AvgIpc) is 2.65. The third kappa shape index (κ3) is 3.76. The summed E-state index contributed by atoms with van der Waals surface area (Å²) in [7, 11) is 0. The van der Waals surface area contributed by atoms with Gasteiger partial charge in [-0.1, -0.05) is 62.0 Å². The molecule has 2 N–H and O–H groups in total. The second-order valence-corrected chi connectivity index (χ2v) is 7.77. The molecule has 0 aliphatic carbocycles. The summed E-state index contributed by atoms with van der Waals surface area (Å²) < 4.78 is 0. The first-order valence-corrected chi connectivity index (χ1v) is 9.87. The summed E-state index contributed by atoms with van der Waals surface area (Å²) in [6, 6.07) is 9.64. The maximum absolute atomic E-state index is 13.0. The first-order chi connectivity index (χ1) is 12.9. The Kier molecular flexibility index (Phi) is 5.65. The predicted octanol–water partition coefficient (Wildman–Crippen LogP) is 4.10. The van der Waals surface area contributed by atoms with Crippen LogP contribution in [-0.2, 0) is 4.79 Å². The van der Waals surface area contributed by atoms with Crippen molar-refractivity contribution in [1.29, 1.82) is 0 Å². The highest BCUT2D eigenvalue weighted by atomic mass is 32.2. The maximum atomic E-state index is 13.0. The van der Waals surface area contributed by atoms with Crippen LogP contribution in [0.1, 0.15) is 37.8 Å². The van der Waals surface area contributed by atoms with Gasteiger partial charge in [-0.25, -0.2) is 4.98 Å². The number of anilines is 1. The maximum Gasteiger partial charge on any atom is 0.257 e. The molecule has 0 saturated heterocycles. The fourth-order valence-electron chi connectivity index (χ4n) is 3.25.